The van der Waals surface area contributed by atoms with Crippen LogP contribution in [0.4, 0.5) is 5.69 Å². The Balaban J connectivity index is 2.20. The van der Waals surface area contributed by atoms with Crippen LogP contribution in [0.2, 0.25) is 0 Å². The van der Waals surface area contributed by atoms with Gasteiger partial charge >= 0.3 is 6.01 Å². The molecule has 1 aromatic heterocycles. The van der Waals surface area contributed by atoms with Gasteiger partial charge in [0.2, 0.25) is 5.88 Å². The molecule has 0 aliphatic heterocycles. The van der Waals surface area contributed by atoms with E-state index in [4.69, 9.17) is 15.2 Å². The van der Waals surface area contributed by atoms with Gasteiger partial charge in [-0.25, -0.2) is 0 Å². The van der Waals surface area contributed by atoms with E-state index in [1.807, 2.05) is 13.8 Å². The van der Waals surface area contributed by atoms with Crippen LogP contribution in [0, 0.1) is 6.92 Å². The number of rotatable bonds is 4. The van der Waals surface area contributed by atoms with E-state index in [1.54, 1.807) is 30.3 Å². The molecular formula is C13H15N3O2. The van der Waals surface area contributed by atoms with Crippen molar-refractivity contribution in [2.24, 2.45) is 0 Å². The smallest absolute Gasteiger partial charge is 0.325 e. The molecule has 1 aromatic carbocycles. The quantitative estimate of drug-likeness (QED) is 0.838. The number of anilines is 1. The third-order valence-electron chi connectivity index (χ3n) is 2.19. The minimum atomic E-state index is 0.267. The molecule has 94 valence electrons. The SMILES string of the molecule is CCOc1cc(C)nc(Oc2ccc(N)cc2)n1. The fourth-order valence-electron chi connectivity index (χ4n) is 1.42. The molecule has 5 nitrogen and oxygen atoms in total. The van der Waals surface area contributed by atoms with Gasteiger partial charge in [-0.3, -0.25) is 0 Å². The molecule has 0 radical (unpaired) electrons. The molecule has 2 rings (SSSR count). The fraction of sp³-hybridized carbons (Fsp3) is 0.231. The van der Waals surface area contributed by atoms with E-state index in [9.17, 15) is 0 Å². The molecule has 5 heteroatoms. The first-order valence-electron chi connectivity index (χ1n) is 5.69. The largest absolute Gasteiger partial charge is 0.478 e. The highest BCUT2D eigenvalue weighted by atomic mass is 16.5. The fourth-order valence-corrected chi connectivity index (χ4v) is 1.42. The van der Waals surface area contributed by atoms with Gasteiger partial charge in [0.25, 0.3) is 0 Å². The van der Waals surface area contributed by atoms with Gasteiger partial charge in [0, 0.05) is 17.4 Å². The highest BCUT2D eigenvalue weighted by Crippen LogP contribution is 2.21. The van der Waals surface area contributed by atoms with Gasteiger partial charge in [0.1, 0.15) is 5.75 Å². The molecule has 0 amide bonds. The lowest BCUT2D eigenvalue weighted by Crippen LogP contribution is -1.99. The molecule has 0 atom stereocenters. The number of aryl methyl sites for hydroxylation is 1. The van der Waals surface area contributed by atoms with E-state index in [0.29, 0.717) is 23.9 Å². The minimum Gasteiger partial charge on any atom is -0.478 e. The van der Waals surface area contributed by atoms with Crippen LogP contribution in [0.5, 0.6) is 17.6 Å². The summed E-state index contributed by atoms with van der Waals surface area (Å²) in [5, 5.41) is 0. The lowest BCUT2D eigenvalue weighted by molar-refractivity contribution is 0.317. The van der Waals surface area contributed by atoms with Crippen LogP contribution in [0.15, 0.2) is 30.3 Å². The molecule has 2 N–H and O–H groups in total. The molecule has 0 unspecified atom stereocenters. The predicted octanol–water partition coefficient (Wildman–Crippen LogP) is 2.56. The first-order chi connectivity index (χ1) is 8.67. The Morgan fingerprint density at radius 3 is 2.56 bits per heavy atom. The Bertz CT molecular complexity index is 526. The van der Waals surface area contributed by atoms with E-state index in [2.05, 4.69) is 9.97 Å². The zero-order valence-corrected chi connectivity index (χ0v) is 10.4. The van der Waals surface area contributed by atoms with Gasteiger partial charge in [0.15, 0.2) is 0 Å². The molecule has 0 aliphatic carbocycles. The van der Waals surface area contributed by atoms with Crippen LogP contribution >= 0.6 is 0 Å². The number of ether oxygens (including phenoxy) is 2. The third-order valence-corrected chi connectivity index (χ3v) is 2.19. The van der Waals surface area contributed by atoms with E-state index in [1.165, 1.54) is 0 Å². The summed E-state index contributed by atoms with van der Waals surface area (Å²) in [5.74, 6) is 1.15. The van der Waals surface area contributed by atoms with Crippen LogP contribution in [0.3, 0.4) is 0 Å². The summed E-state index contributed by atoms with van der Waals surface area (Å²) in [7, 11) is 0. The minimum absolute atomic E-state index is 0.267. The summed E-state index contributed by atoms with van der Waals surface area (Å²) < 4.78 is 10.9. The summed E-state index contributed by atoms with van der Waals surface area (Å²) in [5.41, 5.74) is 7.07. The maximum atomic E-state index is 5.60. The highest BCUT2D eigenvalue weighted by molar-refractivity contribution is 5.42. The Labute approximate surface area is 106 Å². The number of nitrogens with zero attached hydrogens (tertiary/aromatic N) is 2. The number of hydrogen-bond acceptors (Lipinski definition) is 5. The van der Waals surface area contributed by atoms with Gasteiger partial charge < -0.3 is 15.2 Å². The van der Waals surface area contributed by atoms with Gasteiger partial charge in [-0.2, -0.15) is 9.97 Å². The second kappa shape index (κ2) is 5.35. The van der Waals surface area contributed by atoms with Crippen LogP contribution < -0.4 is 15.2 Å². The Morgan fingerprint density at radius 1 is 1.17 bits per heavy atom. The second-order valence-corrected chi connectivity index (χ2v) is 3.73. The average Bonchev–Trinajstić information content (AvgIpc) is 2.32. The van der Waals surface area contributed by atoms with Gasteiger partial charge in [-0.1, -0.05) is 0 Å². The molecule has 0 spiro atoms. The molecule has 0 bridgehead atoms. The number of aromatic nitrogens is 2. The normalized spacial score (nSPS) is 10.1. The summed E-state index contributed by atoms with van der Waals surface area (Å²) in [6.07, 6.45) is 0. The standard InChI is InChI=1S/C13H15N3O2/c1-3-17-12-8-9(2)15-13(16-12)18-11-6-4-10(14)5-7-11/h4-8H,3,14H2,1-2H3. The van der Waals surface area contributed by atoms with Crippen molar-refractivity contribution in [2.45, 2.75) is 13.8 Å². The van der Waals surface area contributed by atoms with Crippen LogP contribution in [0.25, 0.3) is 0 Å². The lowest BCUT2D eigenvalue weighted by Gasteiger charge is -2.07. The van der Waals surface area contributed by atoms with Gasteiger partial charge in [-0.05, 0) is 38.1 Å². The van der Waals surface area contributed by atoms with Crippen LogP contribution in [-0.2, 0) is 0 Å². The van der Waals surface area contributed by atoms with E-state index in [0.717, 1.165) is 5.69 Å². The van der Waals surface area contributed by atoms with Crippen molar-refractivity contribution in [3.63, 3.8) is 0 Å². The van der Waals surface area contributed by atoms with Gasteiger partial charge in [-0.15, -0.1) is 0 Å². The van der Waals surface area contributed by atoms with Crippen molar-refractivity contribution in [1.82, 2.24) is 9.97 Å². The topological polar surface area (TPSA) is 70.3 Å². The van der Waals surface area contributed by atoms with Crippen molar-refractivity contribution >= 4 is 5.69 Å². The Morgan fingerprint density at radius 2 is 1.89 bits per heavy atom. The summed E-state index contributed by atoms with van der Waals surface area (Å²) in [4.78, 5) is 8.34. The number of nitrogens with two attached hydrogens (primary N) is 1. The first-order valence-corrected chi connectivity index (χ1v) is 5.69. The summed E-state index contributed by atoms with van der Waals surface area (Å²) in [6, 6.07) is 9.08. The van der Waals surface area contributed by atoms with Crippen molar-refractivity contribution in [3.05, 3.63) is 36.0 Å². The van der Waals surface area contributed by atoms with Crippen molar-refractivity contribution in [3.8, 4) is 17.6 Å². The molecule has 0 saturated heterocycles. The van der Waals surface area contributed by atoms with E-state index in [-0.39, 0.29) is 6.01 Å². The monoisotopic (exact) mass is 245 g/mol. The number of nitrogen functional groups attached to an aromatic ring is 1. The number of benzene rings is 1. The van der Waals surface area contributed by atoms with Crippen LogP contribution in [0.1, 0.15) is 12.6 Å². The van der Waals surface area contributed by atoms with Crippen LogP contribution in [-0.4, -0.2) is 16.6 Å². The average molecular weight is 245 g/mol. The molecule has 1 heterocycles. The predicted molar refractivity (Wildman–Crippen MR) is 68.9 cm³/mol. The summed E-state index contributed by atoms with van der Waals surface area (Å²) >= 11 is 0. The highest BCUT2D eigenvalue weighted by Gasteiger charge is 2.05. The van der Waals surface area contributed by atoms with Gasteiger partial charge in [0.05, 0.1) is 6.61 Å². The zero-order chi connectivity index (χ0) is 13.0. The second-order valence-electron chi connectivity index (χ2n) is 3.73. The molecule has 2 aromatic rings. The Hall–Kier alpha value is -2.30. The van der Waals surface area contributed by atoms with Crippen molar-refractivity contribution in [2.75, 3.05) is 12.3 Å². The lowest BCUT2D eigenvalue weighted by atomic mass is 10.3. The molecule has 0 aliphatic rings. The Kier molecular flexibility index (Phi) is 3.62. The maximum absolute atomic E-state index is 5.60. The zero-order valence-electron chi connectivity index (χ0n) is 10.4. The van der Waals surface area contributed by atoms with Crippen molar-refractivity contribution in [1.29, 1.82) is 0 Å². The molecule has 0 saturated carbocycles. The third kappa shape index (κ3) is 3.10. The maximum Gasteiger partial charge on any atom is 0.325 e. The number of hydrogen-bond donors (Lipinski definition) is 1. The first kappa shape index (κ1) is 12.2. The molecule has 18 heavy (non-hydrogen) atoms. The van der Waals surface area contributed by atoms with E-state index >= 15 is 0 Å². The van der Waals surface area contributed by atoms with Crippen molar-refractivity contribution < 1.29 is 9.47 Å². The van der Waals surface area contributed by atoms with E-state index < -0.39 is 0 Å². The summed E-state index contributed by atoms with van der Waals surface area (Å²) in [6.45, 7) is 4.32. The molecule has 0 fully saturated rings. The molecular weight excluding hydrogens is 230 g/mol.